The minimum absolute atomic E-state index is 0.521. The zero-order valence-corrected chi connectivity index (χ0v) is 23.4. The van der Waals surface area contributed by atoms with E-state index < -0.39 is 7.92 Å². The molecule has 2 heteroatoms. The van der Waals surface area contributed by atoms with Gasteiger partial charge in [0.15, 0.2) is 0 Å². The van der Waals surface area contributed by atoms with Crippen LogP contribution in [-0.2, 0) is 0 Å². The van der Waals surface area contributed by atoms with Gasteiger partial charge in [-0.05, 0) is 98.5 Å². The molecule has 1 unspecified atom stereocenters. The lowest BCUT2D eigenvalue weighted by atomic mass is 10.0. The first-order valence-electron chi connectivity index (χ1n) is 12.4. The van der Waals surface area contributed by atoms with Gasteiger partial charge in [-0.1, -0.05) is 106 Å². The summed E-state index contributed by atoms with van der Waals surface area (Å²) < 4.78 is 0. The molecule has 0 saturated heterocycles. The highest BCUT2D eigenvalue weighted by molar-refractivity contribution is 7.69. The van der Waals surface area contributed by atoms with Crippen molar-refractivity contribution < 1.29 is 0 Å². The number of aryl methyl sites for hydroxylation is 1. The standard InChI is InChI=1S/C34H40NP/c1-9-13-14-20-29(12-4)30-22-24-31(25-23-30)35-32(17-10-2)27(6)28(7)34(18-11-3)36(8)33-21-16-15-19-26(33)5/h10-25,35H,2,4,6,9H2,1,3,5,7-8H3/b14-13-,18-11-,29-20+,32-17+,34-28-. The average Bonchev–Trinajstić information content (AvgIpc) is 2.89. The molecule has 0 bridgehead atoms. The zero-order valence-electron chi connectivity index (χ0n) is 22.5. The molecule has 1 nitrogen and oxygen atoms in total. The average molecular weight is 494 g/mol. The summed E-state index contributed by atoms with van der Waals surface area (Å²) in [5, 5.41) is 6.28. The van der Waals surface area contributed by atoms with E-state index in [1.807, 2.05) is 12.2 Å². The van der Waals surface area contributed by atoms with Crippen molar-refractivity contribution in [2.45, 2.75) is 34.1 Å². The molecule has 0 aliphatic carbocycles. The summed E-state index contributed by atoms with van der Waals surface area (Å²) in [5.74, 6) is 0. The molecule has 0 radical (unpaired) electrons. The Hall–Kier alpha value is -3.41. The Bertz CT molecular complexity index is 1220. The van der Waals surface area contributed by atoms with Crippen LogP contribution in [0.1, 0.15) is 38.3 Å². The Morgan fingerprint density at radius 1 is 1.03 bits per heavy atom. The van der Waals surface area contributed by atoms with Gasteiger partial charge in [0.05, 0.1) is 0 Å². The van der Waals surface area contributed by atoms with E-state index in [2.05, 4.69) is 138 Å². The lowest BCUT2D eigenvalue weighted by Crippen LogP contribution is -2.08. The lowest BCUT2D eigenvalue weighted by molar-refractivity contribution is 1.22. The Labute approximate surface area is 220 Å². The lowest BCUT2D eigenvalue weighted by Gasteiger charge is -2.22. The summed E-state index contributed by atoms with van der Waals surface area (Å²) in [7, 11) is -0.521. The van der Waals surface area contributed by atoms with Crippen LogP contribution in [0.4, 0.5) is 5.69 Å². The van der Waals surface area contributed by atoms with Crippen molar-refractivity contribution in [2.75, 3.05) is 12.0 Å². The Morgan fingerprint density at radius 2 is 1.72 bits per heavy atom. The number of rotatable bonds is 12. The summed E-state index contributed by atoms with van der Waals surface area (Å²) in [6, 6.07) is 17.1. The Kier molecular flexibility index (Phi) is 11.9. The zero-order chi connectivity index (χ0) is 26.5. The molecule has 36 heavy (non-hydrogen) atoms. The van der Waals surface area contributed by atoms with E-state index in [-0.39, 0.29) is 0 Å². The van der Waals surface area contributed by atoms with E-state index in [1.54, 1.807) is 6.08 Å². The Morgan fingerprint density at radius 3 is 2.31 bits per heavy atom. The van der Waals surface area contributed by atoms with Gasteiger partial charge in [-0.2, -0.15) is 0 Å². The molecule has 186 valence electrons. The molecule has 0 aliphatic heterocycles. The summed E-state index contributed by atoms with van der Waals surface area (Å²) in [6.07, 6.45) is 17.4. The van der Waals surface area contributed by atoms with E-state index in [4.69, 9.17) is 0 Å². The second-order valence-corrected chi connectivity index (χ2v) is 10.6. The molecule has 1 atom stereocenters. The fraction of sp³-hybridized carbons (Fsp3) is 0.176. The van der Waals surface area contributed by atoms with Crippen molar-refractivity contribution in [3.8, 4) is 0 Å². The van der Waals surface area contributed by atoms with Gasteiger partial charge in [0, 0.05) is 11.4 Å². The van der Waals surface area contributed by atoms with Gasteiger partial charge in [-0.25, -0.2) is 0 Å². The van der Waals surface area contributed by atoms with Crippen LogP contribution in [0.25, 0.3) is 5.57 Å². The third-order valence-corrected chi connectivity index (χ3v) is 8.41. The Balaban J connectivity index is 2.37. The first kappa shape index (κ1) is 28.8. The van der Waals surface area contributed by atoms with Crippen LogP contribution in [0.2, 0.25) is 0 Å². The molecule has 2 aromatic carbocycles. The smallest absolute Gasteiger partial charge is 0.0454 e. The van der Waals surface area contributed by atoms with Crippen molar-refractivity contribution in [1.29, 1.82) is 0 Å². The molecule has 0 saturated carbocycles. The maximum absolute atomic E-state index is 4.48. The molecule has 1 N–H and O–H groups in total. The van der Waals surface area contributed by atoms with Gasteiger partial charge in [0.1, 0.15) is 0 Å². The van der Waals surface area contributed by atoms with E-state index >= 15 is 0 Å². The van der Waals surface area contributed by atoms with Crippen molar-refractivity contribution in [1.82, 2.24) is 0 Å². The number of benzene rings is 2. The monoisotopic (exact) mass is 493 g/mol. The van der Waals surface area contributed by atoms with E-state index in [1.165, 1.54) is 21.8 Å². The van der Waals surface area contributed by atoms with Crippen molar-refractivity contribution in [3.63, 3.8) is 0 Å². The predicted octanol–water partition coefficient (Wildman–Crippen LogP) is 9.86. The summed E-state index contributed by atoms with van der Waals surface area (Å²) in [5.41, 5.74) is 7.64. The van der Waals surface area contributed by atoms with Gasteiger partial charge in [0.2, 0.25) is 0 Å². The van der Waals surface area contributed by atoms with Gasteiger partial charge >= 0.3 is 0 Å². The van der Waals surface area contributed by atoms with E-state index in [0.717, 1.165) is 34.5 Å². The van der Waals surface area contributed by atoms with Crippen LogP contribution in [0.3, 0.4) is 0 Å². The fourth-order valence-corrected chi connectivity index (χ4v) is 6.08. The molecule has 2 aromatic rings. The van der Waals surface area contributed by atoms with Crippen LogP contribution in [0.5, 0.6) is 0 Å². The third-order valence-electron chi connectivity index (χ3n) is 5.97. The van der Waals surface area contributed by atoms with Crippen LogP contribution in [0, 0.1) is 6.92 Å². The van der Waals surface area contributed by atoms with Crippen LogP contribution in [0.15, 0.2) is 139 Å². The van der Waals surface area contributed by atoms with Gasteiger partial charge in [-0.3, -0.25) is 0 Å². The highest BCUT2D eigenvalue weighted by Gasteiger charge is 2.16. The van der Waals surface area contributed by atoms with Crippen molar-refractivity contribution in [2.24, 2.45) is 0 Å². The number of nitrogens with one attached hydrogen (secondary N) is 1. The number of hydrogen-bond acceptors (Lipinski definition) is 1. The van der Waals surface area contributed by atoms with E-state index in [9.17, 15) is 0 Å². The molecule has 0 amide bonds. The van der Waals surface area contributed by atoms with Gasteiger partial charge in [-0.15, -0.1) is 0 Å². The molecule has 0 heterocycles. The van der Waals surface area contributed by atoms with Crippen molar-refractivity contribution >= 4 is 24.5 Å². The quantitative estimate of drug-likeness (QED) is 0.229. The first-order valence-corrected chi connectivity index (χ1v) is 14.2. The minimum Gasteiger partial charge on any atom is -0.355 e. The number of hydrogen-bond donors (Lipinski definition) is 1. The second-order valence-electron chi connectivity index (χ2n) is 8.52. The SMILES string of the molecule is C=C/C=C(/Nc1ccc(/C(C=C)=C/C=C\CC)cc1)C(=C)/C(C)=C(/C=C\C)P(C)c1ccccc1C. The maximum atomic E-state index is 4.48. The molecule has 0 fully saturated rings. The normalized spacial score (nSPS) is 14.0. The second kappa shape index (κ2) is 14.9. The van der Waals surface area contributed by atoms with Gasteiger partial charge in [0.25, 0.3) is 0 Å². The van der Waals surface area contributed by atoms with Gasteiger partial charge < -0.3 is 5.32 Å². The minimum atomic E-state index is -0.521. The molecule has 0 spiro atoms. The third kappa shape index (κ3) is 7.80. The molecular formula is C34H40NP. The fourth-order valence-electron chi connectivity index (χ4n) is 3.90. The first-order chi connectivity index (χ1) is 17.4. The highest BCUT2D eigenvalue weighted by atomic mass is 31.1. The molecule has 2 rings (SSSR count). The topological polar surface area (TPSA) is 12.0 Å². The summed E-state index contributed by atoms with van der Waals surface area (Å²) in [6.45, 7) is 23.3. The molecular weight excluding hydrogens is 453 g/mol. The summed E-state index contributed by atoms with van der Waals surface area (Å²) in [4.78, 5) is 0. The number of allylic oxidation sites excluding steroid dienone is 11. The van der Waals surface area contributed by atoms with Crippen LogP contribution < -0.4 is 10.6 Å². The van der Waals surface area contributed by atoms with Crippen molar-refractivity contribution in [3.05, 3.63) is 150 Å². The van der Waals surface area contributed by atoms with Crippen LogP contribution in [-0.4, -0.2) is 6.66 Å². The number of anilines is 1. The van der Waals surface area contributed by atoms with Crippen LogP contribution >= 0.6 is 7.92 Å². The largest absolute Gasteiger partial charge is 0.355 e. The predicted molar refractivity (Wildman–Crippen MR) is 166 cm³/mol. The summed E-state index contributed by atoms with van der Waals surface area (Å²) >= 11 is 0. The molecule has 0 aromatic heterocycles. The highest BCUT2D eigenvalue weighted by Crippen LogP contribution is 2.45. The van der Waals surface area contributed by atoms with E-state index in [0.29, 0.717) is 0 Å². The maximum Gasteiger partial charge on any atom is 0.0454 e. The molecule has 0 aliphatic rings.